The standard InChI is InChI=1S/C25H20ClNO5/c1-15-12-21-17(13-18(15)26)23(29)25(24(32-21)20-9-5-11-30-20)31-14-22(28)27-10-4-7-16-6-2-3-8-19(16)27/h2-3,5-6,8-9,11-13H,4,7,10,14H2,1H3. The lowest BCUT2D eigenvalue weighted by molar-refractivity contribution is -0.120. The van der Waals surface area contributed by atoms with Gasteiger partial charge < -0.3 is 18.5 Å². The molecule has 0 unspecified atom stereocenters. The zero-order chi connectivity index (χ0) is 22.2. The molecular formula is C25H20ClNO5. The molecule has 0 N–H and O–H groups in total. The van der Waals surface area contributed by atoms with Gasteiger partial charge in [0.1, 0.15) is 5.58 Å². The number of carbonyl (C=O) groups is 1. The summed E-state index contributed by atoms with van der Waals surface area (Å²) in [4.78, 5) is 28.0. The third-order valence-corrected chi connectivity index (χ3v) is 6.03. The smallest absolute Gasteiger partial charge is 0.264 e. The number of anilines is 1. The van der Waals surface area contributed by atoms with Crippen molar-refractivity contribution in [2.75, 3.05) is 18.1 Å². The summed E-state index contributed by atoms with van der Waals surface area (Å²) >= 11 is 6.23. The number of furan rings is 1. The highest BCUT2D eigenvalue weighted by Gasteiger charge is 2.25. The molecule has 0 aliphatic carbocycles. The molecule has 6 nitrogen and oxygen atoms in total. The quantitative estimate of drug-likeness (QED) is 0.418. The summed E-state index contributed by atoms with van der Waals surface area (Å²) in [6.07, 6.45) is 3.28. The van der Waals surface area contributed by atoms with Crippen LogP contribution in [0.5, 0.6) is 5.75 Å². The van der Waals surface area contributed by atoms with E-state index in [-0.39, 0.29) is 29.4 Å². The molecule has 0 bridgehead atoms. The van der Waals surface area contributed by atoms with E-state index in [0.29, 0.717) is 22.9 Å². The Kier molecular flexibility index (Phi) is 5.23. The Morgan fingerprint density at radius 3 is 2.84 bits per heavy atom. The van der Waals surface area contributed by atoms with Crippen LogP contribution < -0.4 is 15.1 Å². The number of carbonyl (C=O) groups excluding carboxylic acids is 1. The van der Waals surface area contributed by atoms with E-state index in [1.807, 2.05) is 31.2 Å². The molecule has 32 heavy (non-hydrogen) atoms. The predicted octanol–water partition coefficient (Wildman–Crippen LogP) is 5.37. The molecule has 1 aliphatic rings. The van der Waals surface area contributed by atoms with Gasteiger partial charge in [0.15, 0.2) is 12.4 Å². The van der Waals surface area contributed by atoms with Crippen LogP contribution >= 0.6 is 11.6 Å². The zero-order valence-corrected chi connectivity index (χ0v) is 18.1. The molecule has 0 saturated carbocycles. The van der Waals surface area contributed by atoms with Crippen molar-refractivity contribution in [3.8, 4) is 17.3 Å². The molecule has 162 valence electrons. The summed E-state index contributed by atoms with van der Waals surface area (Å²) < 4.78 is 17.2. The molecule has 0 atom stereocenters. The first-order valence-corrected chi connectivity index (χ1v) is 10.7. The molecular weight excluding hydrogens is 430 g/mol. The Bertz CT molecular complexity index is 1370. The van der Waals surface area contributed by atoms with Gasteiger partial charge >= 0.3 is 0 Å². The second kappa shape index (κ2) is 8.20. The largest absolute Gasteiger partial charge is 0.476 e. The number of halogens is 1. The zero-order valence-electron chi connectivity index (χ0n) is 17.4. The fourth-order valence-electron chi connectivity index (χ4n) is 4.00. The van der Waals surface area contributed by atoms with Crippen molar-refractivity contribution in [2.24, 2.45) is 0 Å². The summed E-state index contributed by atoms with van der Waals surface area (Å²) in [7, 11) is 0. The Morgan fingerprint density at radius 2 is 2.03 bits per heavy atom. The Morgan fingerprint density at radius 1 is 1.19 bits per heavy atom. The predicted molar refractivity (Wildman–Crippen MR) is 123 cm³/mol. The maximum atomic E-state index is 13.3. The van der Waals surface area contributed by atoms with Gasteiger partial charge in [-0.15, -0.1) is 0 Å². The Hall–Kier alpha value is -3.51. The molecule has 5 rings (SSSR count). The van der Waals surface area contributed by atoms with Crippen LogP contribution in [0.1, 0.15) is 17.5 Å². The second-order valence-electron chi connectivity index (χ2n) is 7.73. The van der Waals surface area contributed by atoms with Gasteiger partial charge in [-0.05, 0) is 61.2 Å². The molecule has 1 amide bonds. The van der Waals surface area contributed by atoms with E-state index in [2.05, 4.69) is 0 Å². The number of hydrogen-bond donors (Lipinski definition) is 0. The number of para-hydroxylation sites is 1. The van der Waals surface area contributed by atoms with Gasteiger partial charge in [0, 0.05) is 17.3 Å². The minimum Gasteiger partial charge on any atom is -0.476 e. The van der Waals surface area contributed by atoms with Crippen LogP contribution in [0.25, 0.3) is 22.5 Å². The number of nitrogens with zero attached hydrogens (tertiary/aromatic N) is 1. The van der Waals surface area contributed by atoms with Crippen LogP contribution in [0.3, 0.4) is 0 Å². The molecule has 2 aromatic heterocycles. The number of hydrogen-bond acceptors (Lipinski definition) is 5. The fourth-order valence-corrected chi connectivity index (χ4v) is 4.17. The topological polar surface area (TPSA) is 72.9 Å². The van der Waals surface area contributed by atoms with E-state index >= 15 is 0 Å². The monoisotopic (exact) mass is 449 g/mol. The average molecular weight is 450 g/mol. The van der Waals surface area contributed by atoms with Gasteiger partial charge in [-0.1, -0.05) is 29.8 Å². The van der Waals surface area contributed by atoms with E-state index in [1.165, 1.54) is 6.26 Å². The van der Waals surface area contributed by atoms with E-state index in [0.717, 1.165) is 29.7 Å². The highest BCUT2D eigenvalue weighted by molar-refractivity contribution is 6.32. The van der Waals surface area contributed by atoms with Crippen molar-refractivity contribution in [1.29, 1.82) is 0 Å². The van der Waals surface area contributed by atoms with Crippen molar-refractivity contribution in [3.63, 3.8) is 0 Å². The molecule has 4 aromatic rings. The summed E-state index contributed by atoms with van der Waals surface area (Å²) in [5.74, 6) is 0.165. The number of fused-ring (bicyclic) bond motifs is 2. The van der Waals surface area contributed by atoms with Crippen LogP contribution in [0.2, 0.25) is 5.02 Å². The summed E-state index contributed by atoms with van der Waals surface area (Å²) in [6, 6.07) is 14.4. The third-order valence-electron chi connectivity index (χ3n) is 5.63. The van der Waals surface area contributed by atoms with Crippen molar-refractivity contribution in [1.82, 2.24) is 0 Å². The molecule has 3 heterocycles. The van der Waals surface area contributed by atoms with Crippen LogP contribution in [0, 0.1) is 6.92 Å². The first-order valence-electron chi connectivity index (χ1n) is 10.3. The molecule has 0 saturated heterocycles. The highest BCUT2D eigenvalue weighted by Crippen LogP contribution is 2.33. The number of amides is 1. The maximum Gasteiger partial charge on any atom is 0.264 e. The first kappa shape index (κ1) is 20.4. The first-order chi connectivity index (χ1) is 15.5. The van der Waals surface area contributed by atoms with Gasteiger partial charge in [0.25, 0.3) is 5.91 Å². The van der Waals surface area contributed by atoms with Crippen LogP contribution in [0.15, 0.2) is 68.4 Å². The lowest BCUT2D eigenvalue weighted by Crippen LogP contribution is -2.39. The molecule has 1 aliphatic heterocycles. The van der Waals surface area contributed by atoms with E-state index in [4.69, 9.17) is 25.2 Å². The SMILES string of the molecule is Cc1cc2oc(-c3ccco3)c(OCC(=O)N3CCCc4ccccc43)c(=O)c2cc1Cl. The third kappa shape index (κ3) is 3.56. The van der Waals surface area contributed by atoms with Gasteiger partial charge in [-0.25, -0.2) is 0 Å². The number of rotatable bonds is 4. The van der Waals surface area contributed by atoms with E-state index in [9.17, 15) is 9.59 Å². The van der Waals surface area contributed by atoms with Gasteiger partial charge in [-0.2, -0.15) is 0 Å². The number of aryl methyl sites for hydroxylation is 2. The van der Waals surface area contributed by atoms with Gasteiger partial charge in [0.05, 0.1) is 11.6 Å². The highest BCUT2D eigenvalue weighted by atomic mass is 35.5. The van der Waals surface area contributed by atoms with Crippen molar-refractivity contribution in [2.45, 2.75) is 19.8 Å². The van der Waals surface area contributed by atoms with E-state index < -0.39 is 5.43 Å². The van der Waals surface area contributed by atoms with Crippen molar-refractivity contribution >= 4 is 34.2 Å². The van der Waals surface area contributed by atoms with Gasteiger partial charge in [0.2, 0.25) is 16.9 Å². The van der Waals surface area contributed by atoms with Crippen LogP contribution in [-0.2, 0) is 11.2 Å². The minimum atomic E-state index is -0.411. The lowest BCUT2D eigenvalue weighted by Gasteiger charge is -2.29. The van der Waals surface area contributed by atoms with Crippen molar-refractivity contribution in [3.05, 3.63) is 81.2 Å². The number of benzene rings is 2. The lowest BCUT2D eigenvalue weighted by atomic mass is 10.0. The number of ether oxygens (including phenoxy) is 1. The summed E-state index contributed by atoms with van der Waals surface area (Å²) in [6.45, 7) is 2.12. The van der Waals surface area contributed by atoms with Crippen molar-refractivity contribution < 1.29 is 18.4 Å². The molecule has 0 spiro atoms. The fraction of sp³-hybridized carbons (Fsp3) is 0.200. The van der Waals surface area contributed by atoms with E-state index in [1.54, 1.807) is 29.2 Å². The average Bonchev–Trinajstić information content (AvgIpc) is 3.34. The molecule has 0 radical (unpaired) electrons. The second-order valence-corrected chi connectivity index (χ2v) is 8.14. The van der Waals surface area contributed by atoms with Crippen LogP contribution in [-0.4, -0.2) is 19.1 Å². The molecule has 0 fully saturated rings. The maximum absolute atomic E-state index is 13.3. The Balaban J connectivity index is 1.52. The van der Waals surface area contributed by atoms with Gasteiger partial charge in [-0.3, -0.25) is 9.59 Å². The van der Waals surface area contributed by atoms with Crippen LogP contribution in [0.4, 0.5) is 5.69 Å². The summed E-state index contributed by atoms with van der Waals surface area (Å²) in [5, 5.41) is 0.726. The Labute approximate surface area is 189 Å². The molecule has 7 heteroatoms. The summed E-state index contributed by atoms with van der Waals surface area (Å²) in [5.41, 5.74) is 2.74. The normalized spacial score (nSPS) is 13.2. The molecule has 2 aromatic carbocycles. The minimum absolute atomic E-state index is 0.0778.